The number of hydrogen-bond acceptors (Lipinski definition) is 6. The Labute approximate surface area is 148 Å². The zero-order chi connectivity index (χ0) is 17.2. The molecule has 0 radical (unpaired) electrons. The number of H-pyrrole nitrogens is 1. The number of benzene rings is 1. The highest BCUT2D eigenvalue weighted by atomic mass is 32.2. The van der Waals surface area contributed by atoms with Gasteiger partial charge in [0, 0.05) is 24.6 Å². The highest BCUT2D eigenvalue weighted by molar-refractivity contribution is 7.98. The monoisotopic (exact) mass is 352 g/mol. The fourth-order valence-electron chi connectivity index (χ4n) is 2.50. The van der Waals surface area contributed by atoms with Crippen LogP contribution in [0, 0.1) is 0 Å². The quantitative estimate of drug-likeness (QED) is 0.439. The van der Waals surface area contributed by atoms with Crippen molar-refractivity contribution in [3.63, 3.8) is 0 Å². The second-order valence-corrected chi connectivity index (χ2v) is 6.45. The number of aromatic nitrogens is 6. The predicted octanol–water partition coefficient (Wildman–Crippen LogP) is 3.05. The van der Waals surface area contributed by atoms with Gasteiger partial charge in [0.2, 0.25) is 0 Å². The first-order valence-electron chi connectivity index (χ1n) is 7.68. The van der Waals surface area contributed by atoms with Crippen molar-refractivity contribution in [1.82, 2.24) is 29.7 Å². The van der Waals surface area contributed by atoms with Crippen LogP contribution in [-0.2, 0) is 12.8 Å². The first-order chi connectivity index (χ1) is 12.2. The van der Waals surface area contributed by atoms with Crippen LogP contribution in [0.15, 0.2) is 48.1 Å². The Morgan fingerprint density at radius 2 is 2.04 bits per heavy atom. The van der Waals surface area contributed by atoms with E-state index in [1.165, 1.54) is 5.56 Å². The van der Waals surface area contributed by atoms with Crippen LogP contribution in [0.5, 0.6) is 5.75 Å². The van der Waals surface area contributed by atoms with E-state index in [9.17, 15) is 0 Å². The first-order valence-corrected chi connectivity index (χ1v) is 8.67. The lowest BCUT2D eigenvalue weighted by molar-refractivity contribution is 0.414. The van der Waals surface area contributed by atoms with Gasteiger partial charge in [-0.3, -0.25) is 5.10 Å². The highest BCUT2D eigenvalue weighted by Gasteiger charge is 2.14. The summed E-state index contributed by atoms with van der Waals surface area (Å²) in [6.07, 6.45) is 5.31. The molecule has 0 aliphatic rings. The van der Waals surface area contributed by atoms with Crippen LogP contribution in [0.3, 0.4) is 0 Å². The third-order valence-corrected chi connectivity index (χ3v) is 4.76. The van der Waals surface area contributed by atoms with Crippen molar-refractivity contribution >= 4 is 22.9 Å². The van der Waals surface area contributed by atoms with Gasteiger partial charge in [-0.05, 0) is 17.7 Å². The molecular formula is C17H16N6OS. The van der Waals surface area contributed by atoms with E-state index in [1.54, 1.807) is 31.4 Å². The Kier molecular flexibility index (Phi) is 4.10. The molecule has 0 amide bonds. The highest BCUT2D eigenvalue weighted by Crippen LogP contribution is 2.28. The molecule has 0 fully saturated rings. The maximum atomic E-state index is 5.19. The Bertz CT molecular complexity index is 994. The molecule has 7 nitrogen and oxygen atoms in total. The number of hydrogen-bond donors (Lipinski definition) is 1. The van der Waals surface area contributed by atoms with Crippen molar-refractivity contribution in [2.75, 3.05) is 7.11 Å². The van der Waals surface area contributed by atoms with Crippen molar-refractivity contribution in [3.05, 3.63) is 48.5 Å². The zero-order valence-corrected chi connectivity index (χ0v) is 14.6. The van der Waals surface area contributed by atoms with Gasteiger partial charge in [-0.15, -0.1) is 0 Å². The number of ether oxygens (including phenoxy) is 1. The van der Waals surface area contributed by atoms with Crippen molar-refractivity contribution in [2.45, 2.75) is 10.9 Å². The van der Waals surface area contributed by atoms with Gasteiger partial charge in [0.1, 0.15) is 17.0 Å². The standard InChI is InChI=1S/C17H16N6OS/c1-23-10-18-15-14(12-7-19-20-8-12)21-17(22-16(15)23)25-9-11-3-5-13(24-2)6-4-11/h3-8,10H,9H2,1-2H3,(H,19,20). The third kappa shape index (κ3) is 3.08. The molecule has 4 rings (SSSR count). The Morgan fingerprint density at radius 1 is 1.20 bits per heavy atom. The van der Waals surface area contributed by atoms with Crippen LogP contribution < -0.4 is 4.74 Å². The molecule has 0 aliphatic carbocycles. The SMILES string of the molecule is COc1ccc(CSc2nc(-c3cn[nH]c3)c3ncn(C)c3n2)cc1. The van der Waals surface area contributed by atoms with Gasteiger partial charge >= 0.3 is 0 Å². The maximum Gasteiger partial charge on any atom is 0.190 e. The fraction of sp³-hybridized carbons (Fsp3) is 0.176. The molecule has 25 heavy (non-hydrogen) atoms. The minimum absolute atomic E-state index is 0.711. The molecule has 1 N–H and O–H groups in total. The lowest BCUT2D eigenvalue weighted by Gasteiger charge is -2.06. The van der Waals surface area contributed by atoms with Crippen molar-refractivity contribution in [1.29, 1.82) is 0 Å². The van der Waals surface area contributed by atoms with Crippen molar-refractivity contribution in [3.8, 4) is 17.0 Å². The molecule has 0 saturated carbocycles. The predicted molar refractivity (Wildman–Crippen MR) is 96.4 cm³/mol. The second-order valence-electron chi connectivity index (χ2n) is 5.51. The second kappa shape index (κ2) is 6.56. The van der Waals surface area contributed by atoms with Gasteiger partial charge in [0.05, 0.1) is 19.6 Å². The van der Waals surface area contributed by atoms with Crippen LogP contribution in [0.2, 0.25) is 0 Å². The largest absolute Gasteiger partial charge is 0.497 e. The van der Waals surface area contributed by atoms with E-state index in [0.717, 1.165) is 33.9 Å². The van der Waals surface area contributed by atoms with E-state index < -0.39 is 0 Å². The molecule has 8 heteroatoms. The number of fused-ring (bicyclic) bond motifs is 1. The zero-order valence-electron chi connectivity index (χ0n) is 13.8. The fourth-order valence-corrected chi connectivity index (χ4v) is 3.30. The number of aryl methyl sites for hydroxylation is 1. The van der Waals surface area contributed by atoms with Crippen LogP contribution in [0.4, 0.5) is 0 Å². The maximum absolute atomic E-state index is 5.19. The first kappa shape index (κ1) is 15.6. The van der Waals surface area contributed by atoms with Crippen molar-refractivity contribution in [2.24, 2.45) is 7.05 Å². The molecular weight excluding hydrogens is 336 g/mol. The van der Waals surface area contributed by atoms with E-state index in [0.29, 0.717) is 5.16 Å². The lowest BCUT2D eigenvalue weighted by Crippen LogP contribution is -1.96. The average molecular weight is 352 g/mol. The summed E-state index contributed by atoms with van der Waals surface area (Å²) in [5.74, 6) is 1.63. The molecule has 3 aromatic heterocycles. The van der Waals surface area contributed by atoms with E-state index in [1.807, 2.05) is 42.1 Å². The summed E-state index contributed by atoms with van der Waals surface area (Å²) in [5.41, 5.74) is 4.46. The number of nitrogens with zero attached hydrogens (tertiary/aromatic N) is 5. The summed E-state index contributed by atoms with van der Waals surface area (Å²) in [6, 6.07) is 8.01. The van der Waals surface area contributed by atoms with Crippen LogP contribution in [-0.4, -0.2) is 36.8 Å². The number of thioether (sulfide) groups is 1. The molecule has 0 spiro atoms. The smallest absolute Gasteiger partial charge is 0.190 e. The lowest BCUT2D eigenvalue weighted by atomic mass is 10.2. The summed E-state index contributed by atoms with van der Waals surface area (Å²) in [4.78, 5) is 13.8. The van der Waals surface area contributed by atoms with Gasteiger partial charge < -0.3 is 9.30 Å². The average Bonchev–Trinajstić information content (AvgIpc) is 3.30. The molecule has 0 unspecified atom stereocenters. The van der Waals surface area contributed by atoms with E-state index in [-0.39, 0.29) is 0 Å². The van der Waals surface area contributed by atoms with Gasteiger partial charge in [-0.1, -0.05) is 23.9 Å². The van der Waals surface area contributed by atoms with Crippen molar-refractivity contribution < 1.29 is 4.74 Å². The summed E-state index contributed by atoms with van der Waals surface area (Å²) in [5, 5.41) is 7.55. The van der Waals surface area contributed by atoms with Gasteiger partial charge in [-0.2, -0.15) is 5.10 Å². The van der Waals surface area contributed by atoms with E-state index in [2.05, 4.69) is 20.2 Å². The number of aromatic amines is 1. The molecule has 1 aromatic carbocycles. The van der Waals surface area contributed by atoms with E-state index >= 15 is 0 Å². The summed E-state index contributed by atoms with van der Waals surface area (Å²) in [7, 11) is 3.59. The molecule has 4 aromatic rings. The Balaban J connectivity index is 1.66. The summed E-state index contributed by atoms with van der Waals surface area (Å²) < 4.78 is 7.09. The van der Waals surface area contributed by atoms with Crippen LogP contribution in [0.1, 0.15) is 5.56 Å². The number of methoxy groups -OCH3 is 1. The summed E-state index contributed by atoms with van der Waals surface area (Å²) in [6.45, 7) is 0. The minimum Gasteiger partial charge on any atom is -0.497 e. The normalized spacial score (nSPS) is 11.1. The number of imidazole rings is 1. The summed E-state index contributed by atoms with van der Waals surface area (Å²) >= 11 is 1.59. The Hall–Kier alpha value is -2.87. The molecule has 0 aliphatic heterocycles. The molecule has 0 atom stereocenters. The molecule has 0 bridgehead atoms. The number of rotatable bonds is 5. The molecule has 3 heterocycles. The van der Waals surface area contributed by atoms with Gasteiger partial charge in [0.15, 0.2) is 10.8 Å². The van der Waals surface area contributed by atoms with Crippen LogP contribution in [0.25, 0.3) is 22.4 Å². The molecule has 0 saturated heterocycles. The minimum atomic E-state index is 0.711. The van der Waals surface area contributed by atoms with E-state index in [4.69, 9.17) is 9.72 Å². The topological polar surface area (TPSA) is 81.5 Å². The number of nitrogens with one attached hydrogen (secondary N) is 1. The third-order valence-electron chi connectivity index (χ3n) is 3.84. The Morgan fingerprint density at radius 3 is 2.76 bits per heavy atom. The van der Waals surface area contributed by atoms with Gasteiger partial charge in [0.25, 0.3) is 0 Å². The van der Waals surface area contributed by atoms with Gasteiger partial charge in [-0.25, -0.2) is 15.0 Å². The molecule has 126 valence electrons. The van der Waals surface area contributed by atoms with Crippen LogP contribution >= 0.6 is 11.8 Å².